The molecule has 126 valence electrons. The Hall–Kier alpha value is -3.10. The number of hydrogen-bond donors (Lipinski definition) is 0. The molecule has 6 rings (SSSR count). The molecule has 0 amide bonds. The van der Waals surface area contributed by atoms with E-state index in [1.54, 1.807) is 41.5 Å². The van der Waals surface area contributed by atoms with E-state index in [2.05, 4.69) is 20.4 Å². The van der Waals surface area contributed by atoms with Crippen LogP contribution < -0.4 is 11.1 Å². The van der Waals surface area contributed by atoms with Crippen LogP contribution in [0.3, 0.4) is 0 Å². The Bertz CT molecular complexity index is 1030. The van der Waals surface area contributed by atoms with Crippen LogP contribution in [0.5, 0.6) is 0 Å². The first-order valence-corrected chi connectivity index (χ1v) is 8.17. The maximum Gasteiger partial charge on any atom is 0.316 e. The molecule has 3 saturated carbocycles. The summed E-state index contributed by atoms with van der Waals surface area (Å²) in [4.78, 5) is 26.2. The minimum atomic E-state index is -0.521. The predicted octanol–water partition coefficient (Wildman–Crippen LogP) is -0.0620. The van der Waals surface area contributed by atoms with Crippen molar-refractivity contribution in [3.05, 3.63) is 63.3 Å². The molecular formula is C16H15N7O2. The van der Waals surface area contributed by atoms with Crippen LogP contribution in [0.25, 0.3) is 5.82 Å². The van der Waals surface area contributed by atoms with Gasteiger partial charge >= 0.3 is 11.1 Å². The fourth-order valence-electron chi connectivity index (χ4n) is 3.79. The molecular weight excluding hydrogens is 322 g/mol. The van der Waals surface area contributed by atoms with Crippen molar-refractivity contribution in [3.8, 4) is 5.82 Å². The molecule has 9 nitrogen and oxygen atoms in total. The molecule has 0 unspecified atom stereocenters. The third-order valence-electron chi connectivity index (χ3n) is 5.24. The smallest absolute Gasteiger partial charge is 0.303 e. The quantitative estimate of drug-likeness (QED) is 0.618. The monoisotopic (exact) mass is 337 g/mol. The molecule has 3 heterocycles. The van der Waals surface area contributed by atoms with E-state index in [1.165, 1.54) is 9.36 Å². The fraction of sp³-hybridized carbons (Fsp3) is 0.375. The maximum atomic E-state index is 12.4. The molecule has 3 fully saturated rings. The number of rotatable bonds is 4. The summed E-state index contributed by atoms with van der Waals surface area (Å²) in [6.07, 6.45) is 9.55. The molecule has 0 aromatic carbocycles. The van der Waals surface area contributed by atoms with Crippen LogP contribution in [0.15, 0.2) is 46.5 Å². The molecule has 0 aliphatic heterocycles. The van der Waals surface area contributed by atoms with Crippen molar-refractivity contribution >= 4 is 0 Å². The van der Waals surface area contributed by atoms with Gasteiger partial charge in [-0.15, -0.1) is 9.90 Å². The predicted molar refractivity (Wildman–Crippen MR) is 86.3 cm³/mol. The molecule has 3 aliphatic rings. The van der Waals surface area contributed by atoms with Gasteiger partial charge in [0.05, 0.1) is 24.6 Å². The van der Waals surface area contributed by atoms with Crippen molar-refractivity contribution in [3.63, 3.8) is 0 Å². The van der Waals surface area contributed by atoms with Crippen molar-refractivity contribution in [2.24, 2.45) is 5.92 Å². The molecule has 25 heavy (non-hydrogen) atoms. The van der Waals surface area contributed by atoms with E-state index >= 15 is 0 Å². The lowest BCUT2D eigenvalue weighted by atomic mass is 9.49. The minimum absolute atomic E-state index is 0.0851. The molecule has 3 aromatic rings. The second kappa shape index (κ2) is 4.95. The van der Waals surface area contributed by atoms with Gasteiger partial charge in [0.25, 0.3) is 0 Å². The zero-order chi connectivity index (χ0) is 17.0. The van der Waals surface area contributed by atoms with Gasteiger partial charge in [0, 0.05) is 17.9 Å². The number of hydrogen-bond acceptors (Lipinski definition) is 6. The molecule has 0 N–H and O–H groups in total. The van der Waals surface area contributed by atoms with Gasteiger partial charge < -0.3 is 9.13 Å². The van der Waals surface area contributed by atoms with E-state index in [0.717, 1.165) is 25.2 Å². The second-order valence-corrected chi connectivity index (χ2v) is 6.81. The second-order valence-electron chi connectivity index (χ2n) is 6.81. The first-order chi connectivity index (χ1) is 12.1. The third kappa shape index (κ3) is 2.08. The Balaban J connectivity index is 1.42. The van der Waals surface area contributed by atoms with Crippen LogP contribution in [-0.2, 0) is 12.1 Å². The van der Waals surface area contributed by atoms with E-state index in [1.807, 2.05) is 0 Å². The van der Waals surface area contributed by atoms with Gasteiger partial charge in [0.2, 0.25) is 0 Å². The Morgan fingerprint density at radius 3 is 2.36 bits per heavy atom. The van der Waals surface area contributed by atoms with E-state index in [0.29, 0.717) is 11.5 Å². The SMILES string of the molecule is O=c1c(=O)n(C23CC(C2)C3)ccn1Cc1ccc(-n2nccn2)nn1. The lowest BCUT2D eigenvalue weighted by molar-refractivity contribution is -0.0919. The zero-order valence-corrected chi connectivity index (χ0v) is 13.3. The Labute approximate surface area is 141 Å². The van der Waals surface area contributed by atoms with Gasteiger partial charge in [-0.3, -0.25) is 9.59 Å². The summed E-state index contributed by atoms with van der Waals surface area (Å²) in [6, 6.07) is 3.46. The zero-order valence-electron chi connectivity index (χ0n) is 13.3. The lowest BCUT2D eigenvalue weighted by Gasteiger charge is -2.62. The third-order valence-corrected chi connectivity index (χ3v) is 5.24. The number of nitrogens with zero attached hydrogens (tertiary/aromatic N) is 7. The highest BCUT2D eigenvalue weighted by molar-refractivity contribution is 5.18. The molecule has 0 spiro atoms. The summed E-state index contributed by atoms with van der Waals surface area (Å²) in [6.45, 7) is 0.199. The average Bonchev–Trinajstić information content (AvgIpc) is 3.07. The van der Waals surface area contributed by atoms with Crippen LogP contribution in [0, 0.1) is 5.92 Å². The van der Waals surface area contributed by atoms with Crippen LogP contribution in [-0.4, -0.2) is 34.3 Å². The van der Waals surface area contributed by atoms with Gasteiger partial charge in [-0.05, 0) is 37.3 Å². The van der Waals surface area contributed by atoms with Crippen LogP contribution in [0.2, 0.25) is 0 Å². The average molecular weight is 337 g/mol. The van der Waals surface area contributed by atoms with E-state index in [9.17, 15) is 9.59 Å². The number of aromatic nitrogens is 7. The molecule has 3 aliphatic carbocycles. The largest absolute Gasteiger partial charge is 0.316 e. The highest BCUT2D eigenvalue weighted by atomic mass is 16.2. The highest BCUT2D eigenvalue weighted by Crippen LogP contribution is 2.61. The van der Waals surface area contributed by atoms with Gasteiger partial charge in [-0.25, -0.2) is 0 Å². The molecule has 0 atom stereocenters. The van der Waals surface area contributed by atoms with Crippen molar-refractivity contribution in [2.45, 2.75) is 31.3 Å². The topological polar surface area (TPSA) is 100 Å². The summed E-state index contributed by atoms with van der Waals surface area (Å²) in [5.74, 6) is 1.23. The van der Waals surface area contributed by atoms with Gasteiger partial charge in [-0.2, -0.15) is 15.3 Å². The van der Waals surface area contributed by atoms with Crippen molar-refractivity contribution in [1.82, 2.24) is 34.3 Å². The van der Waals surface area contributed by atoms with E-state index < -0.39 is 11.1 Å². The summed E-state index contributed by atoms with van der Waals surface area (Å²) in [7, 11) is 0. The first-order valence-electron chi connectivity index (χ1n) is 8.17. The molecule has 0 saturated heterocycles. The van der Waals surface area contributed by atoms with Crippen LogP contribution in [0.4, 0.5) is 0 Å². The standard InChI is InChI=1S/C16H15N7O2/c24-14-15(25)22(16-7-11(8-16)9-16)6-5-21(14)10-12-1-2-13(20-19-12)23-17-3-4-18-23/h1-6,11H,7-10H2. The van der Waals surface area contributed by atoms with E-state index in [-0.39, 0.29) is 12.1 Å². The molecule has 2 bridgehead atoms. The molecule has 3 aromatic heterocycles. The Morgan fingerprint density at radius 2 is 1.76 bits per heavy atom. The van der Waals surface area contributed by atoms with Crippen molar-refractivity contribution in [1.29, 1.82) is 0 Å². The lowest BCUT2D eigenvalue weighted by Crippen LogP contribution is -2.64. The Morgan fingerprint density at radius 1 is 1.00 bits per heavy atom. The van der Waals surface area contributed by atoms with Crippen molar-refractivity contribution in [2.75, 3.05) is 0 Å². The summed E-state index contributed by atoms with van der Waals surface area (Å²) < 4.78 is 3.00. The summed E-state index contributed by atoms with van der Waals surface area (Å²) in [5.41, 5.74) is -0.475. The van der Waals surface area contributed by atoms with Gasteiger partial charge in [0.1, 0.15) is 0 Å². The van der Waals surface area contributed by atoms with Crippen LogP contribution in [0.1, 0.15) is 25.0 Å². The minimum Gasteiger partial charge on any atom is -0.303 e. The van der Waals surface area contributed by atoms with Crippen molar-refractivity contribution < 1.29 is 0 Å². The molecule has 9 heteroatoms. The summed E-state index contributed by atoms with van der Waals surface area (Å²) >= 11 is 0. The fourth-order valence-corrected chi connectivity index (χ4v) is 3.79. The Kier molecular flexibility index (Phi) is 2.82. The van der Waals surface area contributed by atoms with E-state index in [4.69, 9.17) is 0 Å². The first kappa shape index (κ1) is 14.3. The normalized spacial score (nSPS) is 23.8. The molecule has 0 radical (unpaired) electrons. The maximum absolute atomic E-state index is 12.4. The van der Waals surface area contributed by atoms with Gasteiger partial charge in [-0.1, -0.05) is 0 Å². The van der Waals surface area contributed by atoms with Crippen LogP contribution >= 0.6 is 0 Å². The highest BCUT2D eigenvalue weighted by Gasteiger charge is 2.58. The van der Waals surface area contributed by atoms with Gasteiger partial charge in [0.15, 0.2) is 5.82 Å². The summed E-state index contributed by atoms with van der Waals surface area (Å²) in [5, 5.41) is 16.1.